The van der Waals surface area contributed by atoms with Gasteiger partial charge in [0.1, 0.15) is 5.82 Å². The maximum atomic E-state index is 11.6. The van der Waals surface area contributed by atoms with Crippen molar-refractivity contribution in [1.29, 1.82) is 0 Å². The summed E-state index contributed by atoms with van der Waals surface area (Å²) in [5.41, 5.74) is 6.33. The van der Waals surface area contributed by atoms with Crippen LogP contribution in [0, 0.1) is 6.92 Å². The number of rotatable bonds is 5. The van der Waals surface area contributed by atoms with Gasteiger partial charge in [-0.3, -0.25) is 9.59 Å². The summed E-state index contributed by atoms with van der Waals surface area (Å²) >= 11 is 0. The second-order valence-corrected chi connectivity index (χ2v) is 3.69. The minimum atomic E-state index is -0.970. The molecule has 6 heteroatoms. The lowest BCUT2D eigenvalue weighted by Gasteiger charge is -2.10. The van der Waals surface area contributed by atoms with Crippen LogP contribution in [0.2, 0.25) is 0 Å². The molecule has 0 saturated carbocycles. The molecule has 1 unspecified atom stereocenters. The van der Waals surface area contributed by atoms with Crippen molar-refractivity contribution in [3.05, 3.63) is 23.9 Å². The Labute approximate surface area is 98.8 Å². The summed E-state index contributed by atoms with van der Waals surface area (Å²) < 4.78 is 0. The van der Waals surface area contributed by atoms with Crippen molar-refractivity contribution in [2.24, 2.45) is 5.73 Å². The molecule has 6 nitrogen and oxygen atoms in total. The maximum absolute atomic E-state index is 11.6. The highest BCUT2D eigenvalue weighted by molar-refractivity contribution is 5.94. The summed E-state index contributed by atoms with van der Waals surface area (Å²) in [5, 5.41) is 11.0. The number of carbonyl (C=O) groups excluding carboxylic acids is 1. The van der Waals surface area contributed by atoms with E-state index in [1.807, 2.05) is 0 Å². The normalized spacial score (nSPS) is 11.9. The van der Waals surface area contributed by atoms with Crippen molar-refractivity contribution in [1.82, 2.24) is 4.98 Å². The molecule has 4 N–H and O–H groups in total. The molecule has 1 aromatic rings. The third-order valence-corrected chi connectivity index (χ3v) is 2.15. The second-order valence-electron chi connectivity index (χ2n) is 3.69. The van der Waals surface area contributed by atoms with Crippen LogP contribution in [0.1, 0.15) is 18.5 Å². The fourth-order valence-electron chi connectivity index (χ4n) is 1.24. The van der Waals surface area contributed by atoms with Gasteiger partial charge in [-0.2, -0.15) is 0 Å². The standard InChI is InChI=1S/C11H15N3O3/c1-7-3-2-4-9(13-7)14-11(17)8(12)5-6-10(15)16/h2-4,8H,5-6,12H2,1H3,(H,15,16)(H,13,14,17). The zero-order chi connectivity index (χ0) is 12.8. The first-order valence-corrected chi connectivity index (χ1v) is 5.21. The Morgan fingerprint density at radius 1 is 1.53 bits per heavy atom. The first-order chi connectivity index (χ1) is 7.99. The van der Waals surface area contributed by atoms with Gasteiger partial charge in [0, 0.05) is 12.1 Å². The monoisotopic (exact) mass is 237 g/mol. The van der Waals surface area contributed by atoms with Crippen LogP contribution in [-0.2, 0) is 9.59 Å². The molecule has 0 aliphatic heterocycles. The van der Waals surface area contributed by atoms with Crippen LogP contribution in [0.5, 0.6) is 0 Å². The number of anilines is 1. The molecule has 17 heavy (non-hydrogen) atoms. The van der Waals surface area contributed by atoms with Gasteiger partial charge in [0.25, 0.3) is 0 Å². The van der Waals surface area contributed by atoms with Gasteiger partial charge in [-0.05, 0) is 25.5 Å². The third kappa shape index (κ3) is 4.60. The highest BCUT2D eigenvalue weighted by Gasteiger charge is 2.15. The fourth-order valence-corrected chi connectivity index (χ4v) is 1.24. The number of nitrogens with one attached hydrogen (secondary N) is 1. The van der Waals surface area contributed by atoms with Crippen LogP contribution in [0.25, 0.3) is 0 Å². The van der Waals surface area contributed by atoms with Crippen molar-refractivity contribution in [2.75, 3.05) is 5.32 Å². The summed E-state index contributed by atoms with van der Waals surface area (Å²) in [6.45, 7) is 1.81. The molecule has 0 aliphatic carbocycles. The number of hydrogen-bond acceptors (Lipinski definition) is 4. The van der Waals surface area contributed by atoms with Crippen molar-refractivity contribution in [3.63, 3.8) is 0 Å². The number of hydrogen-bond donors (Lipinski definition) is 3. The van der Waals surface area contributed by atoms with E-state index in [4.69, 9.17) is 10.8 Å². The third-order valence-electron chi connectivity index (χ3n) is 2.15. The Morgan fingerprint density at radius 3 is 2.82 bits per heavy atom. The smallest absolute Gasteiger partial charge is 0.303 e. The molecule has 1 heterocycles. The average Bonchev–Trinajstić information content (AvgIpc) is 2.25. The van der Waals surface area contributed by atoms with Crippen molar-refractivity contribution in [2.45, 2.75) is 25.8 Å². The predicted molar refractivity (Wildman–Crippen MR) is 62.4 cm³/mol. The van der Waals surface area contributed by atoms with Crippen LogP contribution in [0.3, 0.4) is 0 Å². The van der Waals surface area contributed by atoms with Gasteiger partial charge in [0.15, 0.2) is 0 Å². The molecule has 0 fully saturated rings. The number of pyridine rings is 1. The molecule has 0 radical (unpaired) electrons. The first kappa shape index (κ1) is 13.1. The lowest BCUT2D eigenvalue weighted by Crippen LogP contribution is -2.36. The van der Waals surface area contributed by atoms with E-state index in [1.54, 1.807) is 25.1 Å². The number of aliphatic carboxylic acids is 1. The van der Waals surface area contributed by atoms with Crippen LogP contribution >= 0.6 is 0 Å². The second kappa shape index (κ2) is 5.95. The summed E-state index contributed by atoms with van der Waals surface area (Å²) in [5.74, 6) is -0.980. The molecule has 1 aromatic heterocycles. The number of carboxylic acids is 1. The highest BCUT2D eigenvalue weighted by Crippen LogP contribution is 2.05. The van der Waals surface area contributed by atoms with Crippen LogP contribution < -0.4 is 11.1 Å². The lowest BCUT2D eigenvalue weighted by molar-refractivity contribution is -0.137. The van der Waals surface area contributed by atoms with E-state index in [9.17, 15) is 9.59 Å². The Hall–Kier alpha value is -1.95. The molecule has 0 aromatic carbocycles. The summed E-state index contributed by atoms with van der Waals surface area (Å²) in [4.78, 5) is 26.0. The van der Waals surface area contributed by atoms with Gasteiger partial charge in [-0.25, -0.2) is 4.98 Å². The highest BCUT2D eigenvalue weighted by atomic mass is 16.4. The number of carboxylic acid groups (broad SMARTS) is 1. The van der Waals surface area contributed by atoms with E-state index >= 15 is 0 Å². The first-order valence-electron chi connectivity index (χ1n) is 5.21. The minimum Gasteiger partial charge on any atom is -0.481 e. The summed E-state index contributed by atoms with van der Waals surface area (Å²) in [6, 6.07) is 4.38. The van der Waals surface area contributed by atoms with E-state index in [0.29, 0.717) is 5.82 Å². The molecule has 92 valence electrons. The number of amides is 1. The number of nitrogens with zero attached hydrogens (tertiary/aromatic N) is 1. The maximum Gasteiger partial charge on any atom is 0.303 e. The van der Waals surface area contributed by atoms with Gasteiger partial charge in [0.05, 0.1) is 6.04 Å². The van der Waals surface area contributed by atoms with Gasteiger partial charge in [0.2, 0.25) is 5.91 Å². The van der Waals surface area contributed by atoms with Gasteiger partial charge in [-0.1, -0.05) is 6.07 Å². The number of carbonyl (C=O) groups is 2. The Balaban J connectivity index is 2.51. The lowest BCUT2D eigenvalue weighted by atomic mass is 10.1. The van der Waals surface area contributed by atoms with E-state index < -0.39 is 17.9 Å². The predicted octanol–water partition coefficient (Wildman–Crippen LogP) is 0.521. The van der Waals surface area contributed by atoms with Crippen LogP contribution in [0.15, 0.2) is 18.2 Å². The fraction of sp³-hybridized carbons (Fsp3) is 0.364. The van der Waals surface area contributed by atoms with E-state index in [1.165, 1.54) is 0 Å². The SMILES string of the molecule is Cc1cccc(NC(=O)C(N)CCC(=O)O)n1. The van der Waals surface area contributed by atoms with E-state index in [0.717, 1.165) is 5.69 Å². The van der Waals surface area contributed by atoms with Crippen LogP contribution in [-0.4, -0.2) is 28.0 Å². The number of aromatic nitrogens is 1. The molecule has 0 aliphatic rings. The molecule has 0 bridgehead atoms. The molecule has 0 spiro atoms. The quantitative estimate of drug-likeness (QED) is 0.692. The van der Waals surface area contributed by atoms with Crippen molar-refractivity contribution < 1.29 is 14.7 Å². The molecular formula is C11H15N3O3. The van der Waals surface area contributed by atoms with Crippen molar-refractivity contribution in [3.8, 4) is 0 Å². The van der Waals surface area contributed by atoms with Gasteiger partial charge in [-0.15, -0.1) is 0 Å². The summed E-state index contributed by atoms with van der Waals surface area (Å²) in [6.07, 6.45) is -0.0250. The molecule has 1 rings (SSSR count). The largest absolute Gasteiger partial charge is 0.481 e. The number of aryl methyl sites for hydroxylation is 1. The zero-order valence-corrected chi connectivity index (χ0v) is 9.51. The zero-order valence-electron chi connectivity index (χ0n) is 9.51. The molecule has 1 amide bonds. The Morgan fingerprint density at radius 2 is 2.24 bits per heavy atom. The Bertz CT molecular complexity index is 420. The molecular weight excluding hydrogens is 222 g/mol. The topological polar surface area (TPSA) is 105 Å². The average molecular weight is 237 g/mol. The van der Waals surface area contributed by atoms with E-state index in [2.05, 4.69) is 10.3 Å². The van der Waals surface area contributed by atoms with Crippen molar-refractivity contribution >= 4 is 17.7 Å². The molecule has 1 atom stereocenters. The number of nitrogens with two attached hydrogens (primary N) is 1. The van der Waals surface area contributed by atoms with Gasteiger partial charge >= 0.3 is 5.97 Å². The minimum absolute atomic E-state index is 0.104. The van der Waals surface area contributed by atoms with E-state index in [-0.39, 0.29) is 12.8 Å². The van der Waals surface area contributed by atoms with Crippen LogP contribution in [0.4, 0.5) is 5.82 Å². The summed E-state index contributed by atoms with van der Waals surface area (Å²) in [7, 11) is 0. The molecule has 0 saturated heterocycles. The van der Waals surface area contributed by atoms with Gasteiger partial charge < -0.3 is 16.2 Å². The Kier molecular flexibility index (Phi) is 4.59.